The SMILES string of the molecule is CCCNC(CN(CC)CCOCC)C(C)CC. The topological polar surface area (TPSA) is 24.5 Å². The van der Waals surface area contributed by atoms with Crippen molar-refractivity contribution in [3.63, 3.8) is 0 Å². The third-order valence-corrected chi connectivity index (χ3v) is 3.65. The van der Waals surface area contributed by atoms with Gasteiger partial charge >= 0.3 is 0 Å². The van der Waals surface area contributed by atoms with Crippen LogP contribution >= 0.6 is 0 Å². The van der Waals surface area contributed by atoms with Crippen LogP contribution in [-0.2, 0) is 4.74 Å². The van der Waals surface area contributed by atoms with Crippen molar-refractivity contribution >= 4 is 0 Å². The second kappa shape index (κ2) is 11.9. The molecule has 0 fully saturated rings. The summed E-state index contributed by atoms with van der Waals surface area (Å²) in [7, 11) is 0. The number of nitrogens with one attached hydrogen (secondary N) is 1. The summed E-state index contributed by atoms with van der Waals surface area (Å²) in [4.78, 5) is 2.50. The Kier molecular flexibility index (Phi) is 11.9. The zero-order valence-corrected chi connectivity index (χ0v) is 13.2. The first-order chi connectivity index (χ1) is 8.69. The highest BCUT2D eigenvalue weighted by Gasteiger charge is 2.17. The zero-order valence-electron chi connectivity index (χ0n) is 13.2. The normalized spacial score (nSPS) is 15.0. The fourth-order valence-corrected chi connectivity index (χ4v) is 2.05. The summed E-state index contributed by atoms with van der Waals surface area (Å²) in [6, 6.07) is 0.608. The molecule has 0 spiro atoms. The molecule has 0 amide bonds. The van der Waals surface area contributed by atoms with E-state index in [4.69, 9.17) is 4.74 Å². The van der Waals surface area contributed by atoms with Gasteiger partial charge in [-0.1, -0.05) is 34.1 Å². The summed E-state index contributed by atoms with van der Waals surface area (Å²) >= 11 is 0. The molecule has 1 N–H and O–H groups in total. The van der Waals surface area contributed by atoms with Crippen LogP contribution in [0.4, 0.5) is 0 Å². The van der Waals surface area contributed by atoms with E-state index in [1.165, 1.54) is 12.8 Å². The van der Waals surface area contributed by atoms with Crippen molar-refractivity contribution in [2.75, 3.05) is 39.4 Å². The second-order valence-corrected chi connectivity index (χ2v) is 5.04. The number of likely N-dealkylation sites (N-methyl/N-ethyl adjacent to an activating group) is 1. The summed E-state index contributed by atoms with van der Waals surface area (Å²) in [6.45, 7) is 17.2. The van der Waals surface area contributed by atoms with Gasteiger partial charge in [0.2, 0.25) is 0 Å². The molecule has 3 heteroatoms. The van der Waals surface area contributed by atoms with E-state index in [0.29, 0.717) is 6.04 Å². The van der Waals surface area contributed by atoms with Crippen molar-refractivity contribution in [3.8, 4) is 0 Å². The molecular formula is C15H34N2O. The van der Waals surface area contributed by atoms with Gasteiger partial charge in [0.1, 0.15) is 0 Å². The van der Waals surface area contributed by atoms with Gasteiger partial charge in [-0.2, -0.15) is 0 Å². The zero-order chi connectivity index (χ0) is 13.8. The molecule has 0 rings (SSSR count). The molecule has 0 aliphatic rings. The van der Waals surface area contributed by atoms with Gasteiger partial charge in [-0.05, 0) is 32.4 Å². The largest absolute Gasteiger partial charge is 0.380 e. The summed E-state index contributed by atoms with van der Waals surface area (Å²) < 4.78 is 5.45. The summed E-state index contributed by atoms with van der Waals surface area (Å²) in [5.74, 6) is 0.734. The molecule has 0 bridgehead atoms. The number of nitrogens with zero attached hydrogens (tertiary/aromatic N) is 1. The number of hydrogen-bond donors (Lipinski definition) is 1. The van der Waals surface area contributed by atoms with Crippen LogP contribution in [0.25, 0.3) is 0 Å². The monoisotopic (exact) mass is 258 g/mol. The Morgan fingerprint density at radius 3 is 2.39 bits per heavy atom. The van der Waals surface area contributed by atoms with E-state index in [9.17, 15) is 0 Å². The van der Waals surface area contributed by atoms with E-state index >= 15 is 0 Å². The highest BCUT2D eigenvalue weighted by atomic mass is 16.5. The van der Waals surface area contributed by atoms with Gasteiger partial charge < -0.3 is 10.1 Å². The van der Waals surface area contributed by atoms with Crippen LogP contribution in [0, 0.1) is 5.92 Å². The van der Waals surface area contributed by atoms with Crippen molar-refractivity contribution in [2.24, 2.45) is 5.92 Å². The molecule has 0 saturated carbocycles. The number of rotatable bonds is 12. The van der Waals surface area contributed by atoms with E-state index in [0.717, 1.165) is 45.3 Å². The van der Waals surface area contributed by atoms with E-state index in [2.05, 4.69) is 44.8 Å². The fraction of sp³-hybridized carbons (Fsp3) is 1.00. The highest BCUT2D eigenvalue weighted by Crippen LogP contribution is 2.09. The molecular weight excluding hydrogens is 224 g/mol. The smallest absolute Gasteiger partial charge is 0.0593 e. The Bertz CT molecular complexity index is 176. The lowest BCUT2D eigenvalue weighted by Gasteiger charge is -2.30. The first kappa shape index (κ1) is 17.9. The summed E-state index contributed by atoms with van der Waals surface area (Å²) in [5, 5.41) is 3.69. The van der Waals surface area contributed by atoms with Crippen LogP contribution in [0.15, 0.2) is 0 Å². The van der Waals surface area contributed by atoms with Crippen LogP contribution in [-0.4, -0.2) is 50.3 Å². The first-order valence-corrected chi connectivity index (χ1v) is 7.72. The lowest BCUT2D eigenvalue weighted by molar-refractivity contribution is 0.107. The third-order valence-electron chi connectivity index (χ3n) is 3.65. The Morgan fingerprint density at radius 1 is 1.17 bits per heavy atom. The van der Waals surface area contributed by atoms with E-state index in [-0.39, 0.29) is 0 Å². The van der Waals surface area contributed by atoms with Crippen molar-refractivity contribution in [3.05, 3.63) is 0 Å². The molecule has 2 atom stereocenters. The second-order valence-electron chi connectivity index (χ2n) is 5.04. The van der Waals surface area contributed by atoms with E-state index in [1.807, 2.05) is 0 Å². The predicted molar refractivity (Wildman–Crippen MR) is 80.1 cm³/mol. The standard InChI is InChI=1S/C15H34N2O/c1-6-10-16-15(14(5)7-2)13-17(8-3)11-12-18-9-4/h14-16H,6-13H2,1-5H3. The summed E-state index contributed by atoms with van der Waals surface area (Å²) in [5.41, 5.74) is 0. The van der Waals surface area contributed by atoms with Gasteiger partial charge in [-0.15, -0.1) is 0 Å². The van der Waals surface area contributed by atoms with Gasteiger partial charge in [0.15, 0.2) is 0 Å². The lowest BCUT2D eigenvalue weighted by atomic mass is 9.98. The highest BCUT2D eigenvalue weighted by molar-refractivity contribution is 4.76. The maximum atomic E-state index is 5.45. The van der Waals surface area contributed by atoms with Crippen molar-refractivity contribution in [1.82, 2.24) is 10.2 Å². The molecule has 0 saturated heterocycles. The van der Waals surface area contributed by atoms with Crippen LogP contribution in [0.3, 0.4) is 0 Å². The minimum Gasteiger partial charge on any atom is -0.380 e. The lowest BCUT2D eigenvalue weighted by Crippen LogP contribution is -2.46. The Hall–Kier alpha value is -0.120. The molecule has 0 heterocycles. The Labute approximate surface area is 114 Å². The first-order valence-electron chi connectivity index (χ1n) is 7.72. The van der Waals surface area contributed by atoms with Crippen LogP contribution in [0.1, 0.15) is 47.5 Å². The molecule has 3 nitrogen and oxygen atoms in total. The van der Waals surface area contributed by atoms with E-state index in [1.54, 1.807) is 0 Å². The molecule has 0 radical (unpaired) electrons. The minimum absolute atomic E-state index is 0.608. The number of ether oxygens (including phenoxy) is 1. The molecule has 0 aliphatic carbocycles. The molecule has 2 unspecified atom stereocenters. The van der Waals surface area contributed by atoms with Crippen LogP contribution in [0.2, 0.25) is 0 Å². The average molecular weight is 258 g/mol. The van der Waals surface area contributed by atoms with Crippen molar-refractivity contribution < 1.29 is 4.74 Å². The third kappa shape index (κ3) is 8.06. The quantitative estimate of drug-likeness (QED) is 0.545. The molecule has 18 heavy (non-hydrogen) atoms. The molecule has 110 valence electrons. The molecule has 0 aliphatic heterocycles. The maximum absolute atomic E-state index is 5.45. The van der Waals surface area contributed by atoms with Gasteiger partial charge in [0, 0.05) is 25.7 Å². The van der Waals surface area contributed by atoms with Gasteiger partial charge in [0.25, 0.3) is 0 Å². The molecule has 0 aromatic carbocycles. The number of hydrogen-bond acceptors (Lipinski definition) is 3. The van der Waals surface area contributed by atoms with Gasteiger partial charge in [-0.3, -0.25) is 4.90 Å². The minimum atomic E-state index is 0.608. The van der Waals surface area contributed by atoms with Crippen molar-refractivity contribution in [2.45, 2.75) is 53.5 Å². The molecule has 0 aromatic rings. The summed E-state index contributed by atoms with van der Waals surface area (Å²) in [6.07, 6.45) is 2.45. The van der Waals surface area contributed by atoms with Crippen LogP contribution in [0.5, 0.6) is 0 Å². The maximum Gasteiger partial charge on any atom is 0.0593 e. The average Bonchev–Trinajstić information content (AvgIpc) is 2.40. The van der Waals surface area contributed by atoms with Gasteiger partial charge in [-0.25, -0.2) is 0 Å². The van der Waals surface area contributed by atoms with Crippen molar-refractivity contribution in [1.29, 1.82) is 0 Å². The Balaban J connectivity index is 4.14. The molecule has 0 aromatic heterocycles. The predicted octanol–water partition coefficient (Wildman–Crippen LogP) is 2.76. The van der Waals surface area contributed by atoms with E-state index < -0.39 is 0 Å². The Morgan fingerprint density at radius 2 is 1.89 bits per heavy atom. The van der Waals surface area contributed by atoms with Crippen LogP contribution < -0.4 is 5.32 Å². The fourth-order valence-electron chi connectivity index (χ4n) is 2.05. The van der Waals surface area contributed by atoms with Gasteiger partial charge in [0.05, 0.1) is 6.61 Å².